The number of benzene rings is 2. The lowest BCUT2D eigenvalue weighted by atomic mass is 9.95. The second-order valence-electron chi connectivity index (χ2n) is 10.2. The van der Waals surface area contributed by atoms with Crippen LogP contribution in [0.25, 0.3) is 16.8 Å². The van der Waals surface area contributed by atoms with Crippen LogP contribution in [0.15, 0.2) is 72.5 Å². The number of nitrogens with two attached hydrogens (primary N) is 1. The number of nitrogens with zero attached hydrogens (tertiary/aromatic N) is 4. The zero-order chi connectivity index (χ0) is 29.5. The molecule has 5 nitrogen and oxygen atoms in total. The maximum atomic E-state index is 11.7. The summed E-state index contributed by atoms with van der Waals surface area (Å²) in [5.74, 6) is 0.283. The highest BCUT2D eigenvalue weighted by molar-refractivity contribution is 5.99. The number of anilines is 2. The number of aryl methyl sites for hydroxylation is 3. The van der Waals surface area contributed by atoms with Gasteiger partial charge >= 0.3 is 6.18 Å². The van der Waals surface area contributed by atoms with Crippen molar-refractivity contribution >= 4 is 23.0 Å². The average Bonchev–Trinajstić information content (AvgIpc) is 2.84. The third-order valence-corrected chi connectivity index (χ3v) is 5.94. The monoisotopic (exact) mass is 537 g/mol. The van der Waals surface area contributed by atoms with Gasteiger partial charge in [0.25, 0.3) is 0 Å². The molecule has 0 aliphatic rings. The molecule has 1 heterocycles. The molecule has 2 N–H and O–H groups in total. The molecular formula is C31H38F3N5. The van der Waals surface area contributed by atoms with Crippen LogP contribution in [0.4, 0.5) is 24.8 Å². The van der Waals surface area contributed by atoms with Crippen LogP contribution in [-0.4, -0.2) is 34.4 Å². The van der Waals surface area contributed by atoms with E-state index >= 15 is 0 Å². The van der Waals surface area contributed by atoms with Gasteiger partial charge in [0.05, 0.1) is 0 Å². The molecule has 3 aromatic rings. The maximum Gasteiger partial charge on any atom is 0.432 e. The zero-order valence-corrected chi connectivity index (χ0v) is 24.0. The molecule has 3 rings (SSSR count). The van der Waals surface area contributed by atoms with E-state index in [4.69, 9.17) is 5.73 Å². The van der Waals surface area contributed by atoms with Crippen LogP contribution in [0, 0.1) is 20.8 Å². The van der Waals surface area contributed by atoms with Gasteiger partial charge in [0.15, 0.2) is 0 Å². The van der Waals surface area contributed by atoms with Gasteiger partial charge in [0.1, 0.15) is 5.71 Å². The van der Waals surface area contributed by atoms with E-state index in [2.05, 4.69) is 104 Å². The molecule has 2 aromatic carbocycles. The normalized spacial score (nSPS) is 12.2. The van der Waals surface area contributed by atoms with Crippen LogP contribution in [-0.2, 0) is 0 Å². The van der Waals surface area contributed by atoms with Crippen molar-refractivity contribution in [1.82, 2.24) is 9.97 Å². The number of aliphatic imine (C=N–C) groups is 1. The maximum absolute atomic E-state index is 11.7. The first kappa shape index (κ1) is 31.3. The number of nitrogen functional groups attached to an aromatic ring is 1. The van der Waals surface area contributed by atoms with Crippen molar-refractivity contribution in [3.05, 3.63) is 89.8 Å². The van der Waals surface area contributed by atoms with Gasteiger partial charge in [-0.1, -0.05) is 36.4 Å². The summed E-state index contributed by atoms with van der Waals surface area (Å²) >= 11 is 0. The van der Waals surface area contributed by atoms with Crippen LogP contribution in [0.3, 0.4) is 0 Å². The van der Waals surface area contributed by atoms with Crippen molar-refractivity contribution < 1.29 is 13.2 Å². The van der Waals surface area contributed by atoms with Crippen LogP contribution in [0.5, 0.6) is 0 Å². The molecule has 0 saturated carbocycles. The van der Waals surface area contributed by atoms with Crippen molar-refractivity contribution in [2.75, 3.05) is 17.7 Å². The van der Waals surface area contributed by atoms with Crippen molar-refractivity contribution in [1.29, 1.82) is 0 Å². The van der Waals surface area contributed by atoms with E-state index in [1.54, 1.807) is 12.4 Å². The van der Waals surface area contributed by atoms with Gasteiger partial charge in [-0.15, -0.1) is 0 Å². The lowest BCUT2D eigenvalue weighted by Crippen LogP contribution is -2.40. The summed E-state index contributed by atoms with van der Waals surface area (Å²) in [6.07, 6.45) is 1.43. The van der Waals surface area contributed by atoms with E-state index in [0.29, 0.717) is 0 Å². The van der Waals surface area contributed by atoms with E-state index in [9.17, 15) is 13.2 Å². The van der Waals surface area contributed by atoms with Gasteiger partial charge in [0, 0.05) is 47.5 Å². The molecule has 0 radical (unpaired) electrons. The molecule has 8 heteroatoms. The topological polar surface area (TPSA) is 67.4 Å². The van der Waals surface area contributed by atoms with Crippen LogP contribution >= 0.6 is 0 Å². The average molecular weight is 538 g/mol. The summed E-state index contributed by atoms with van der Waals surface area (Å²) in [5.41, 5.74) is 13.6. The third kappa shape index (κ3) is 8.27. The first-order valence-corrected chi connectivity index (χ1v) is 12.5. The minimum atomic E-state index is -4.32. The standard InChI is InChI=1S/C25H30N4.C6H8F3N/c1-16-8-9-17(2)22(12-16)19(4)29(25(5,6)7)23-11-10-20(13-18(23)3)21-14-27-24(26)28-15-21;1-3-4-5(10-2)6(7,8)9/h8-15H,4H2,1-3,5-7H3,(H2,26,27,28);3-4H,1-2H3/b;4-3-,10-5?. The Morgan fingerprint density at radius 2 is 1.56 bits per heavy atom. The molecule has 0 saturated heterocycles. The Kier molecular flexibility index (Phi) is 10.2. The number of alkyl halides is 3. The lowest BCUT2D eigenvalue weighted by molar-refractivity contribution is -0.0577. The fourth-order valence-corrected chi connectivity index (χ4v) is 4.11. The SMILES string of the molecule is C/C=C\C(=NC)C(F)(F)F.C=C(c1cc(C)ccc1C)N(c1ccc(-c2cnc(N)nc2)cc1C)C(C)(C)C. The first-order chi connectivity index (χ1) is 18.1. The van der Waals surface area contributed by atoms with Gasteiger partial charge in [-0.05, 0) is 89.4 Å². The van der Waals surface area contributed by atoms with Gasteiger partial charge in [-0.25, -0.2) is 9.97 Å². The molecule has 39 heavy (non-hydrogen) atoms. The quantitative estimate of drug-likeness (QED) is 0.334. The highest BCUT2D eigenvalue weighted by Crippen LogP contribution is 2.37. The van der Waals surface area contributed by atoms with Crippen LogP contribution < -0.4 is 10.6 Å². The number of rotatable bonds is 5. The Balaban J connectivity index is 0.000000455. The molecule has 0 fully saturated rings. The summed E-state index contributed by atoms with van der Waals surface area (Å²) in [5, 5.41) is 0. The fourth-order valence-electron chi connectivity index (χ4n) is 4.11. The minimum Gasteiger partial charge on any atom is -0.368 e. The van der Waals surface area contributed by atoms with Crippen molar-refractivity contribution in [3.8, 4) is 11.1 Å². The van der Waals surface area contributed by atoms with Crippen LogP contribution in [0.1, 0.15) is 49.9 Å². The molecule has 0 unspecified atom stereocenters. The Labute approximate surface area is 230 Å². The lowest BCUT2D eigenvalue weighted by Gasteiger charge is -2.40. The fraction of sp³-hybridized carbons (Fsp3) is 0.323. The van der Waals surface area contributed by atoms with Gasteiger partial charge in [-0.2, -0.15) is 13.2 Å². The Hall–Kier alpha value is -3.94. The molecule has 0 spiro atoms. The number of hydrogen-bond donors (Lipinski definition) is 1. The molecular weight excluding hydrogens is 499 g/mol. The van der Waals surface area contributed by atoms with E-state index in [1.165, 1.54) is 35.3 Å². The number of allylic oxidation sites excluding steroid dienone is 2. The van der Waals surface area contributed by atoms with E-state index in [1.807, 2.05) is 0 Å². The Morgan fingerprint density at radius 3 is 2.03 bits per heavy atom. The summed E-state index contributed by atoms with van der Waals surface area (Å²) in [6, 6.07) is 12.9. The largest absolute Gasteiger partial charge is 0.432 e. The second kappa shape index (κ2) is 12.7. The van der Waals surface area contributed by atoms with Gasteiger partial charge in [-0.3, -0.25) is 4.99 Å². The number of halogens is 3. The summed E-state index contributed by atoms with van der Waals surface area (Å²) in [7, 11) is 1.11. The Morgan fingerprint density at radius 1 is 0.949 bits per heavy atom. The molecule has 0 bridgehead atoms. The zero-order valence-electron chi connectivity index (χ0n) is 24.0. The third-order valence-electron chi connectivity index (χ3n) is 5.94. The van der Waals surface area contributed by atoms with E-state index in [-0.39, 0.29) is 11.5 Å². The molecule has 1 aromatic heterocycles. The highest BCUT2D eigenvalue weighted by atomic mass is 19.4. The smallest absolute Gasteiger partial charge is 0.368 e. The molecule has 0 atom stereocenters. The van der Waals surface area contributed by atoms with Crippen LogP contribution in [0.2, 0.25) is 0 Å². The van der Waals surface area contributed by atoms with Gasteiger partial charge < -0.3 is 10.6 Å². The molecule has 0 aliphatic carbocycles. The predicted octanol–water partition coefficient (Wildman–Crippen LogP) is 8.12. The van der Waals surface area contributed by atoms with Crippen molar-refractivity contribution in [2.24, 2.45) is 4.99 Å². The minimum absolute atomic E-state index is 0.135. The summed E-state index contributed by atoms with van der Waals surface area (Å²) in [6.45, 7) is 19.0. The first-order valence-electron chi connectivity index (χ1n) is 12.5. The van der Waals surface area contributed by atoms with Crippen molar-refractivity contribution in [3.63, 3.8) is 0 Å². The van der Waals surface area contributed by atoms with E-state index in [0.717, 1.165) is 35.6 Å². The second-order valence-corrected chi connectivity index (χ2v) is 10.2. The van der Waals surface area contributed by atoms with E-state index < -0.39 is 11.9 Å². The molecule has 208 valence electrons. The summed E-state index contributed by atoms with van der Waals surface area (Å²) < 4.78 is 35.2. The predicted molar refractivity (Wildman–Crippen MR) is 158 cm³/mol. The molecule has 0 aliphatic heterocycles. The number of hydrogen-bond acceptors (Lipinski definition) is 5. The van der Waals surface area contributed by atoms with Crippen molar-refractivity contribution in [2.45, 2.75) is 60.2 Å². The van der Waals surface area contributed by atoms with Gasteiger partial charge in [0.2, 0.25) is 5.95 Å². The Bertz CT molecular complexity index is 1350. The number of aromatic nitrogens is 2. The molecule has 0 amide bonds. The highest BCUT2D eigenvalue weighted by Gasteiger charge is 2.32. The summed E-state index contributed by atoms with van der Waals surface area (Å²) in [4.78, 5) is 13.6.